The van der Waals surface area contributed by atoms with Gasteiger partial charge in [0.15, 0.2) is 0 Å². The van der Waals surface area contributed by atoms with E-state index in [1.807, 2.05) is 4.90 Å². The molecule has 0 radical (unpaired) electrons. The van der Waals surface area contributed by atoms with Gasteiger partial charge in [-0.05, 0) is 56.3 Å². The van der Waals surface area contributed by atoms with Crippen molar-refractivity contribution < 1.29 is 9.59 Å². The first-order valence-corrected chi connectivity index (χ1v) is 9.61. The highest BCUT2D eigenvalue weighted by Gasteiger charge is 2.35. The van der Waals surface area contributed by atoms with E-state index in [1.165, 1.54) is 0 Å². The van der Waals surface area contributed by atoms with Crippen molar-refractivity contribution in [2.45, 2.75) is 58.8 Å². The van der Waals surface area contributed by atoms with Gasteiger partial charge in [0.2, 0.25) is 11.8 Å². The lowest BCUT2D eigenvalue weighted by molar-refractivity contribution is -0.135. The normalized spacial score (nSPS) is 24.3. The van der Waals surface area contributed by atoms with Crippen LogP contribution in [-0.2, 0) is 9.59 Å². The molecular weight excluding hydrogens is 288 g/mol. The topological polar surface area (TPSA) is 40.6 Å². The monoisotopic (exact) mass is 320 g/mol. The highest BCUT2D eigenvalue weighted by atomic mass is 16.2. The van der Waals surface area contributed by atoms with Crippen molar-refractivity contribution >= 4 is 11.8 Å². The fourth-order valence-corrected chi connectivity index (χ4v) is 4.14. The summed E-state index contributed by atoms with van der Waals surface area (Å²) in [5, 5.41) is 0. The molecule has 3 aliphatic rings. The zero-order valence-corrected chi connectivity index (χ0v) is 14.8. The summed E-state index contributed by atoms with van der Waals surface area (Å²) in [4.78, 5) is 28.7. The molecule has 0 aromatic carbocycles. The molecule has 0 N–H and O–H groups in total. The van der Waals surface area contributed by atoms with Crippen molar-refractivity contribution in [2.24, 2.45) is 23.7 Å². The standard InChI is InChI=1S/C19H32N2O2/c1-14(2)16-7-11-20(12-8-16)18(22)13-15-5-9-21(10-6-15)19(23)17-3-4-17/h14-17H,3-13H2,1-2H3. The first kappa shape index (κ1) is 16.8. The third kappa shape index (κ3) is 4.27. The molecule has 2 aliphatic heterocycles. The second-order valence-corrected chi connectivity index (χ2v) is 8.21. The van der Waals surface area contributed by atoms with Gasteiger partial charge in [-0.3, -0.25) is 9.59 Å². The van der Waals surface area contributed by atoms with Crippen molar-refractivity contribution in [1.82, 2.24) is 9.80 Å². The van der Waals surface area contributed by atoms with Gasteiger partial charge < -0.3 is 9.80 Å². The highest BCUT2D eigenvalue weighted by Crippen LogP contribution is 2.33. The number of piperidine rings is 2. The van der Waals surface area contributed by atoms with Crippen LogP contribution in [0.15, 0.2) is 0 Å². The van der Waals surface area contributed by atoms with Gasteiger partial charge in [-0.2, -0.15) is 0 Å². The fourth-order valence-electron chi connectivity index (χ4n) is 4.14. The number of rotatable bonds is 4. The fraction of sp³-hybridized carbons (Fsp3) is 0.895. The van der Waals surface area contributed by atoms with Crippen LogP contribution in [-0.4, -0.2) is 47.8 Å². The number of hydrogen-bond donors (Lipinski definition) is 0. The highest BCUT2D eigenvalue weighted by molar-refractivity contribution is 5.81. The van der Waals surface area contributed by atoms with E-state index < -0.39 is 0 Å². The number of likely N-dealkylation sites (tertiary alicyclic amines) is 2. The average molecular weight is 320 g/mol. The van der Waals surface area contributed by atoms with Crippen LogP contribution in [0.5, 0.6) is 0 Å². The zero-order chi connectivity index (χ0) is 16.4. The van der Waals surface area contributed by atoms with Crippen LogP contribution in [0.1, 0.15) is 58.8 Å². The summed E-state index contributed by atoms with van der Waals surface area (Å²) in [6, 6.07) is 0. The van der Waals surface area contributed by atoms with Crippen LogP contribution >= 0.6 is 0 Å². The number of carbonyl (C=O) groups is 2. The van der Waals surface area contributed by atoms with E-state index in [1.54, 1.807) is 0 Å². The first-order valence-electron chi connectivity index (χ1n) is 9.61. The molecule has 0 spiro atoms. The van der Waals surface area contributed by atoms with E-state index in [0.717, 1.165) is 76.5 Å². The van der Waals surface area contributed by atoms with E-state index >= 15 is 0 Å². The minimum absolute atomic E-state index is 0.329. The summed E-state index contributed by atoms with van der Waals surface area (Å²) < 4.78 is 0. The molecule has 130 valence electrons. The lowest BCUT2D eigenvalue weighted by Crippen LogP contribution is -2.43. The molecule has 1 aliphatic carbocycles. The van der Waals surface area contributed by atoms with E-state index in [-0.39, 0.29) is 0 Å². The Bertz CT molecular complexity index is 429. The van der Waals surface area contributed by atoms with Crippen molar-refractivity contribution in [3.05, 3.63) is 0 Å². The summed E-state index contributed by atoms with van der Waals surface area (Å²) in [7, 11) is 0. The lowest BCUT2D eigenvalue weighted by atomic mass is 9.86. The maximum absolute atomic E-state index is 12.5. The molecule has 0 unspecified atom stereocenters. The molecule has 0 bridgehead atoms. The van der Waals surface area contributed by atoms with E-state index in [4.69, 9.17) is 0 Å². The molecule has 2 saturated heterocycles. The second-order valence-electron chi connectivity index (χ2n) is 8.21. The van der Waals surface area contributed by atoms with E-state index in [9.17, 15) is 9.59 Å². The van der Waals surface area contributed by atoms with Gasteiger partial charge in [-0.25, -0.2) is 0 Å². The van der Waals surface area contributed by atoms with Crippen molar-refractivity contribution in [1.29, 1.82) is 0 Å². The molecule has 0 aromatic heterocycles. The molecule has 2 amide bonds. The van der Waals surface area contributed by atoms with Crippen molar-refractivity contribution in [2.75, 3.05) is 26.2 Å². The molecule has 0 atom stereocenters. The molecule has 0 aromatic rings. The molecule has 3 rings (SSSR count). The summed E-state index contributed by atoms with van der Waals surface area (Å²) in [6.45, 7) is 8.20. The minimum Gasteiger partial charge on any atom is -0.343 e. The molecule has 23 heavy (non-hydrogen) atoms. The quantitative estimate of drug-likeness (QED) is 0.799. The molecular formula is C19H32N2O2. The molecule has 3 fully saturated rings. The zero-order valence-electron chi connectivity index (χ0n) is 14.8. The summed E-state index contributed by atoms with van der Waals surface area (Å²) in [5.74, 6) is 3.05. The van der Waals surface area contributed by atoms with Crippen LogP contribution in [0.2, 0.25) is 0 Å². The summed E-state index contributed by atoms with van der Waals surface area (Å²) >= 11 is 0. The Morgan fingerprint density at radius 2 is 1.43 bits per heavy atom. The number of nitrogens with zero attached hydrogens (tertiary/aromatic N) is 2. The minimum atomic E-state index is 0.329. The molecule has 4 heteroatoms. The van der Waals surface area contributed by atoms with E-state index in [2.05, 4.69) is 18.7 Å². The number of carbonyl (C=O) groups excluding carboxylic acids is 2. The Morgan fingerprint density at radius 3 is 1.96 bits per heavy atom. The maximum atomic E-state index is 12.5. The van der Waals surface area contributed by atoms with Gasteiger partial charge in [0.05, 0.1) is 0 Å². The third-order valence-corrected chi connectivity index (χ3v) is 6.15. The molecule has 1 saturated carbocycles. The lowest BCUT2D eigenvalue weighted by Gasteiger charge is -2.36. The largest absolute Gasteiger partial charge is 0.343 e. The van der Waals surface area contributed by atoms with Crippen LogP contribution in [0.25, 0.3) is 0 Å². The average Bonchev–Trinajstić information content (AvgIpc) is 3.40. The Hall–Kier alpha value is -1.06. The van der Waals surface area contributed by atoms with Gasteiger partial charge in [0.25, 0.3) is 0 Å². The van der Waals surface area contributed by atoms with Gasteiger partial charge in [-0.15, -0.1) is 0 Å². The maximum Gasteiger partial charge on any atom is 0.225 e. The number of hydrogen-bond acceptors (Lipinski definition) is 2. The van der Waals surface area contributed by atoms with Crippen LogP contribution in [0.4, 0.5) is 0 Å². The van der Waals surface area contributed by atoms with Crippen LogP contribution in [0.3, 0.4) is 0 Å². The number of amides is 2. The van der Waals surface area contributed by atoms with Crippen LogP contribution < -0.4 is 0 Å². The van der Waals surface area contributed by atoms with Crippen LogP contribution in [0, 0.1) is 23.7 Å². The van der Waals surface area contributed by atoms with Crippen molar-refractivity contribution in [3.63, 3.8) is 0 Å². The van der Waals surface area contributed by atoms with Gasteiger partial charge in [0.1, 0.15) is 0 Å². The Balaban J connectivity index is 1.38. The predicted molar refractivity (Wildman–Crippen MR) is 90.8 cm³/mol. The van der Waals surface area contributed by atoms with Crippen molar-refractivity contribution in [3.8, 4) is 0 Å². The Labute approximate surface area is 140 Å². The van der Waals surface area contributed by atoms with Gasteiger partial charge in [-0.1, -0.05) is 13.8 Å². The predicted octanol–water partition coefficient (Wildman–Crippen LogP) is 2.92. The summed E-state index contributed by atoms with van der Waals surface area (Å²) in [5.41, 5.74) is 0. The molecule has 2 heterocycles. The third-order valence-electron chi connectivity index (χ3n) is 6.15. The summed E-state index contributed by atoms with van der Waals surface area (Å²) in [6.07, 6.45) is 7.21. The van der Waals surface area contributed by atoms with Gasteiger partial charge in [0, 0.05) is 38.5 Å². The first-order chi connectivity index (χ1) is 11.0. The SMILES string of the molecule is CC(C)C1CCN(C(=O)CC2CCN(C(=O)C3CC3)CC2)CC1. The molecule has 4 nitrogen and oxygen atoms in total. The Morgan fingerprint density at radius 1 is 0.870 bits per heavy atom. The Kier molecular flexibility index (Phi) is 5.27. The second kappa shape index (κ2) is 7.23. The van der Waals surface area contributed by atoms with Gasteiger partial charge >= 0.3 is 0 Å². The van der Waals surface area contributed by atoms with E-state index in [0.29, 0.717) is 30.1 Å². The smallest absolute Gasteiger partial charge is 0.225 e.